The second-order valence-electron chi connectivity index (χ2n) is 5.53. The summed E-state index contributed by atoms with van der Waals surface area (Å²) in [6.07, 6.45) is 2.16. The molecule has 1 aromatic rings. The Kier molecular flexibility index (Phi) is 3.67. The molecule has 2 fully saturated rings. The van der Waals surface area contributed by atoms with E-state index < -0.39 is 4.92 Å². The van der Waals surface area contributed by atoms with Gasteiger partial charge in [-0.2, -0.15) is 0 Å². The lowest BCUT2D eigenvalue weighted by molar-refractivity contribution is -0.385. The number of benzene rings is 1. The summed E-state index contributed by atoms with van der Waals surface area (Å²) in [5.74, 6) is 0.107. The number of piperazine rings is 1. The van der Waals surface area contributed by atoms with E-state index in [1.807, 2.05) is 0 Å². The maximum atomic E-state index is 14.2. The number of nitro groups is 1. The Bertz CT molecular complexity index is 513. The van der Waals surface area contributed by atoms with Gasteiger partial charge >= 0.3 is 0 Å². The number of non-ortho nitro benzene ring substituents is 1. The van der Waals surface area contributed by atoms with Crippen LogP contribution < -0.4 is 5.32 Å². The summed E-state index contributed by atoms with van der Waals surface area (Å²) in [6.45, 7) is 3.51. The first kappa shape index (κ1) is 13.5. The molecule has 1 saturated carbocycles. The second-order valence-corrected chi connectivity index (χ2v) is 5.53. The van der Waals surface area contributed by atoms with Crippen molar-refractivity contribution < 1.29 is 9.31 Å². The fraction of sp³-hybridized carbons (Fsp3) is 0.571. The molecule has 0 bridgehead atoms. The van der Waals surface area contributed by atoms with Crippen LogP contribution in [0.25, 0.3) is 0 Å². The van der Waals surface area contributed by atoms with Crippen LogP contribution in [0, 0.1) is 21.8 Å². The van der Waals surface area contributed by atoms with Gasteiger partial charge in [0, 0.05) is 49.9 Å². The molecule has 0 unspecified atom stereocenters. The lowest BCUT2D eigenvalue weighted by Crippen LogP contribution is -2.45. The molecule has 0 spiro atoms. The molecule has 1 atom stereocenters. The Morgan fingerprint density at radius 3 is 2.65 bits per heavy atom. The van der Waals surface area contributed by atoms with Gasteiger partial charge in [-0.15, -0.1) is 0 Å². The molecule has 1 aliphatic heterocycles. The third-order valence-corrected chi connectivity index (χ3v) is 4.12. The Morgan fingerprint density at radius 2 is 2.05 bits per heavy atom. The lowest BCUT2D eigenvalue weighted by Gasteiger charge is -2.35. The summed E-state index contributed by atoms with van der Waals surface area (Å²) < 4.78 is 14.2. The second kappa shape index (κ2) is 5.46. The van der Waals surface area contributed by atoms with Crippen LogP contribution in [-0.2, 0) is 0 Å². The zero-order chi connectivity index (χ0) is 14.1. The van der Waals surface area contributed by atoms with E-state index in [0.29, 0.717) is 11.5 Å². The summed E-state index contributed by atoms with van der Waals surface area (Å²) in [4.78, 5) is 12.7. The Balaban J connectivity index is 1.94. The molecular formula is C14H18FN3O2. The number of nitrogens with one attached hydrogen (secondary N) is 1. The van der Waals surface area contributed by atoms with E-state index in [1.54, 1.807) is 0 Å². The van der Waals surface area contributed by atoms with Gasteiger partial charge in [-0.1, -0.05) is 0 Å². The number of halogens is 1. The van der Waals surface area contributed by atoms with Crippen LogP contribution >= 0.6 is 0 Å². The quantitative estimate of drug-likeness (QED) is 0.677. The van der Waals surface area contributed by atoms with Crippen LogP contribution in [0.2, 0.25) is 0 Å². The van der Waals surface area contributed by atoms with Crippen LogP contribution in [0.1, 0.15) is 24.4 Å². The average molecular weight is 279 g/mol. The van der Waals surface area contributed by atoms with Crippen molar-refractivity contribution in [1.29, 1.82) is 0 Å². The normalized spacial score (nSPS) is 21.6. The highest BCUT2D eigenvalue weighted by atomic mass is 19.1. The largest absolute Gasteiger partial charge is 0.314 e. The number of rotatable bonds is 4. The minimum atomic E-state index is -0.454. The highest BCUT2D eigenvalue weighted by molar-refractivity contribution is 5.37. The van der Waals surface area contributed by atoms with Crippen molar-refractivity contribution in [2.45, 2.75) is 18.9 Å². The first-order valence-electron chi connectivity index (χ1n) is 7.05. The summed E-state index contributed by atoms with van der Waals surface area (Å²) >= 11 is 0. The van der Waals surface area contributed by atoms with Crippen molar-refractivity contribution in [1.82, 2.24) is 10.2 Å². The predicted octanol–water partition coefficient (Wildman–Crippen LogP) is 2.09. The van der Waals surface area contributed by atoms with Gasteiger partial charge in [-0.3, -0.25) is 15.0 Å². The van der Waals surface area contributed by atoms with Crippen LogP contribution in [0.5, 0.6) is 0 Å². The summed E-state index contributed by atoms with van der Waals surface area (Å²) in [7, 11) is 0. The maximum absolute atomic E-state index is 14.2. The molecule has 1 heterocycles. The molecular weight excluding hydrogens is 261 g/mol. The van der Waals surface area contributed by atoms with Gasteiger partial charge in [0.25, 0.3) is 5.69 Å². The van der Waals surface area contributed by atoms with Crippen molar-refractivity contribution in [2.24, 2.45) is 5.92 Å². The predicted molar refractivity (Wildman–Crippen MR) is 73.0 cm³/mol. The van der Waals surface area contributed by atoms with Crippen LogP contribution in [-0.4, -0.2) is 36.0 Å². The van der Waals surface area contributed by atoms with Gasteiger partial charge < -0.3 is 5.32 Å². The minimum absolute atomic E-state index is 0.0167. The van der Waals surface area contributed by atoms with E-state index in [4.69, 9.17) is 0 Å². The highest BCUT2D eigenvalue weighted by Crippen LogP contribution is 2.45. The van der Waals surface area contributed by atoms with Gasteiger partial charge in [-0.25, -0.2) is 4.39 Å². The first-order valence-corrected chi connectivity index (χ1v) is 7.05. The fourth-order valence-electron chi connectivity index (χ4n) is 2.99. The van der Waals surface area contributed by atoms with Crippen molar-refractivity contribution in [2.75, 3.05) is 26.2 Å². The van der Waals surface area contributed by atoms with E-state index in [0.717, 1.165) is 39.0 Å². The molecule has 0 amide bonds. The molecule has 1 aromatic carbocycles. The molecule has 1 aliphatic carbocycles. The van der Waals surface area contributed by atoms with E-state index in [1.165, 1.54) is 18.2 Å². The summed E-state index contributed by atoms with van der Waals surface area (Å²) in [5, 5.41) is 14.2. The topological polar surface area (TPSA) is 58.4 Å². The van der Waals surface area contributed by atoms with Crippen LogP contribution in [0.15, 0.2) is 18.2 Å². The Hall–Kier alpha value is -1.53. The van der Waals surface area contributed by atoms with Gasteiger partial charge in [-0.05, 0) is 24.8 Å². The van der Waals surface area contributed by atoms with Crippen LogP contribution in [0.4, 0.5) is 10.1 Å². The van der Waals surface area contributed by atoms with Gasteiger partial charge in [0.15, 0.2) is 0 Å². The van der Waals surface area contributed by atoms with Crippen molar-refractivity contribution in [3.63, 3.8) is 0 Å². The molecule has 108 valence electrons. The fourth-order valence-corrected chi connectivity index (χ4v) is 2.99. The standard InChI is InChI=1S/C14H18FN3O2/c15-13-4-3-11(18(19)20)9-12(13)14(10-1-2-10)17-7-5-16-6-8-17/h3-4,9-10,14,16H,1-2,5-8H2/t14-/m1/s1. The number of hydrogen-bond donors (Lipinski definition) is 1. The molecule has 0 aromatic heterocycles. The van der Waals surface area contributed by atoms with E-state index >= 15 is 0 Å². The Labute approximate surface area is 116 Å². The third kappa shape index (κ3) is 2.66. The Morgan fingerprint density at radius 1 is 1.35 bits per heavy atom. The van der Waals surface area contributed by atoms with E-state index in [2.05, 4.69) is 10.2 Å². The number of nitrogens with zero attached hydrogens (tertiary/aromatic N) is 2. The molecule has 2 aliphatic rings. The molecule has 6 heteroatoms. The smallest absolute Gasteiger partial charge is 0.269 e. The molecule has 1 saturated heterocycles. The van der Waals surface area contributed by atoms with Crippen molar-refractivity contribution in [3.8, 4) is 0 Å². The van der Waals surface area contributed by atoms with E-state index in [9.17, 15) is 14.5 Å². The molecule has 20 heavy (non-hydrogen) atoms. The molecule has 0 radical (unpaired) electrons. The van der Waals surface area contributed by atoms with Crippen LogP contribution in [0.3, 0.4) is 0 Å². The monoisotopic (exact) mass is 279 g/mol. The molecule has 1 N–H and O–H groups in total. The zero-order valence-electron chi connectivity index (χ0n) is 11.2. The van der Waals surface area contributed by atoms with Gasteiger partial charge in [0.2, 0.25) is 0 Å². The van der Waals surface area contributed by atoms with Gasteiger partial charge in [0.05, 0.1) is 4.92 Å². The SMILES string of the molecule is O=[N+]([O-])c1ccc(F)c([C@@H](C2CC2)N2CCNCC2)c1. The van der Waals surface area contributed by atoms with Gasteiger partial charge in [0.1, 0.15) is 5.82 Å². The third-order valence-electron chi connectivity index (χ3n) is 4.12. The van der Waals surface area contributed by atoms with E-state index in [-0.39, 0.29) is 17.5 Å². The average Bonchev–Trinajstić information content (AvgIpc) is 3.27. The summed E-state index contributed by atoms with van der Waals surface area (Å²) in [5.41, 5.74) is 0.464. The molecule has 5 nitrogen and oxygen atoms in total. The zero-order valence-corrected chi connectivity index (χ0v) is 11.2. The number of nitro benzene ring substituents is 1. The van der Waals surface area contributed by atoms with Crippen molar-refractivity contribution in [3.05, 3.63) is 39.7 Å². The lowest BCUT2D eigenvalue weighted by atomic mass is 9.98. The maximum Gasteiger partial charge on any atom is 0.269 e. The first-order chi connectivity index (χ1) is 9.66. The molecule has 3 rings (SSSR count). The minimum Gasteiger partial charge on any atom is -0.314 e. The summed E-state index contributed by atoms with van der Waals surface area (Å²) in [6, 6.07) is 3.86. The van der Waals surface area contributed by atoms with Crippen molar-refractivity contribution >= 4 is 5.69 Å². The number of hydrogen-bond acceptors (Lipinski definition) is 4. The highest BCUT2D eigenvalue weighted by Gasteiger charge is 2.38.